The van der Waals surface area contributed by atoms with Crippen LogP contribution in [0.5, 0.6) is 0 Å². The molecule has 0 amide bonds. The van der Waals surface area contributed by atoms with Gasteiger partial charge in [0.05, 0.1) is 26.4 Å². The molecule has 3 N–H and O–H groups in total. The van der Waals surface area contributed by atoms with E-state index < -0.39 is 97.5 Å². The zero-order valence-electron chi connectivity index (χ0n) is 55.9. The number of hydrogen-bond donors (Lipinski definition) is 3. The van der Waals surface area contributed by atoms with Crippen LogP contribution in [-0.2, 0) is 65.4 Å². The lowest BCUT2D eigenvalue weighted by Crippen LogP contribution is -2.30. The fourth-order valence-corrected chi connectivity index (χ4v) is 11.5. The highest BCUT2D eigenvalue weighted by Gasteiger charge is 2.30. The summed E-state index contributed by atoms with van der Waals surface area (Å²) >= 11 is 0. The molecule has 0 aromatic rings. The summed E-state index contributed by atoms with van der Waals surface area (Å²) < 4.78 is 68.1. The fourth-order valence-electron chi connectivity index (χ4n) is 9.93. The second-order valence-electron chi connectivity index (χ2n) is 25.9. The molecular weight excluding hydrogens is 1140 g/mol. The maximum atomic E-state index is 13.0. The van der Waals surface area contributed by atoms with Crippen LogP contribution in [-0.4, -0.2) is 96.7 Å². The second kappa shape index (κ2) is 57.0. The molecule has 0 saturated heterocycles. The molecule has 19 heteroatoms. The lowest BCUT2D eigenvalue weighted by molar-refractivity contribution is -0.161. The number of unbranched alkanes of at least 4 members (excludes halogenated alkanes) is 29. The molecule has 0 rings (SSSR count). The Kier molecular flexibility index (Phi) is 55.7. The van der Waals surface area contributed by atoms with Gasteiger partial charge in [0.2, 0.25) is 0 Å². The van der Waals surface area contributed by atoms with E-state index in [0.29, 0.717) is 37.5 Å². The summed E-state index contributed by atoms with van der Waals surface area (Å²) in [5.74, 6) is 0.761. The first-order chi connectivity index (χ1) is 41.1. The van der Waals surface area contributed by atoms with Gasteiger partial charge in [-0.05, 0) is 49.4 Å². The third-order valence-electron chi connectivity index (χ3n) is 15.7. The van der Waals surface area contributed by atoms with Gasteiger partial charge in [0.25, 0.3) is 0 Å². The average molecular weight is 1270 g/mol. The first kappa shape index (κ1) is 84.1. The molecular formula is C67H130O17P2. The Morgan fingerprint density at radius 1 is 0.326 bits per heavy atom. The smallest absolute Gasteiger partial charge is 0.462 e. The predicted octanol–water partition coefficient (Wildman–Crippen LogP) is 18.5. The quantitative estimate of drug-likeness (QED) is 0.0222. The van der Waals surface area contributed by atoms with Gasteiger partial charge in [-0.3, -0.25) is 37.3 Å². The number of phosphoric ester groups is 2. The van der Waals surface area contributed by atoms with Gasteiger partial charge >= 0.3 is 39.5 Å². The first-order valence-electron chi connectivity index (χ1n) is 34.7. The van der Waals surface area contributed by atoms with E-state index in [1.54, 1.807) is 0 Å². The molecule has 0 bridgehead atoms. The van der Waals surface area contributed by atoms with E-state index >= 15 is 0 Å². The van der Waals surface area contributed by atoms with Gasteiger partial charge in [0.15, 0.2) is 12.2 Å². The molecule has 0 spiro atoms. The van der Waals surface area contributed by atoms with Crippen molar-refractivity contribution in [1.29, 1.82) is 0 Å². The number of carbonyl (C=O) groups excluding carboxylic acids is 4. The minimum Gasteiger partial charge on any atom is -0.462 e. The maximum absolute atomic E-state index is 13.0. The molecule has 0 aromatic carbocycles. The summed E-state index contributed by atoms with van der Waals surface area (Å²) in [6.45, 7) is 14.0. The van der Waals surface area contributed by atoms with Gasteiger partial charge in [-0.1, -0.05) is 274 Å². The first-order valence-corrected chi connectivity index (χ1v) is 37.7. The lowest BCUT2D eigenvalue weighted by atomic mass is 10.00. The largest absolute Gasteiger partial charge is 0.472 e. The maximum Gasteiger partial charge on any atom is 0.472 e. The van der Waals surface area contributed by atoms with Crippen molar-refractivity contribution in [2.24, 2.45) is 23.7 Å². The third-order valence-corrected chi connectivity index (χ3v) is 17.6. The van der Waals surface area contributed by atoms with Crippen molar-refractivity contribution in [3.05, 3.63) is 0 Å². The van der Waals surface area contributed by atoms with Crippen LogP contribution in [0.1, 0.15) is 325 Å². The number of esters is 4. The Balaban J connectivity index is 5.22. The van der Waals surface area contributed by atoms with Crippen LogP contribution in [0.15, 0.2) is 0 Å². The highest BCUT2D eigenvalue weighted by molar-refractivity contribution is 7.47. The number of aliphatic hydroxyl groups excluding tert-OH is 1. The van der Waals surface area contributed by atoms with Crippen LogP contribution in [0, 0.1) is 23.7 Å². The van der Waals surface area contributed by atoms with E-state index in [-0.39, 0.29) is 25.7 Å². The Hall–Kier alpha value is -1.94. The normalized spacial score (nSPS) is 14.7. The van der Waals surface area contributed by atoms with Crippen LogP contribution >= 0.6 is 15.6 Å². The van der Waals surface area contributed by atoms with Gasteiger partial charge in [0, 0.05) is 25.7 Å². The third kappa shape index (κ3) is 59.7. The van der Waals surface area contributed by atoms with E-state index in [1.165, 1.54) is 116 Å². The average Bonchev–Trinajstić information content (AvgIpc) is 3.68. The van der Waals surface area contributed by atoms with Crippen molar-refractivity contribution in [3.63, 3.8) is 0 Å². The van der Waals surface area contributed by atoms with Crippen LogP contribution in [0.2, 0.25) is 0 Å². The summed E-state index contributed by atoms with van der Waals surface area (Å²) in [7, 11) is -9.89. The number of phosphoric acid groups is 2. The number of ether oxygens (including phenoxy) is 4. The highest BCUT2D eigenvalue weighted by Crippen LogP contribution is 2.45. The lowest BCUT2D eigenvalue weighted by Gasteiger charge is -2.21. The molecule has 0 aliphatic rings. The number of hydrogen-bond acceptors (Lipinski definition) is 15. The van der Waals surface area contributed by atoms with Gasteiger partial charge in [-0.15, -0.1) is 0 Å². The number of carbonyl (C=O) groups is 4. The van der Waals surface area contributed by atoms with Crippen molar-refractivity contribution < 1.29 is 80.2 Å². The van der Waals surface area contributed by atoms with E-state index in [2.05, 4.69) is 55.4 Å². The molecule has 86 heavy (non-hydrogen) atoms. The summed E-state index contributed by atoms with van der Waals surface area (Å²) in [6.07, 6.45) is 37.9. The van der Waals surface area contributed by atoms with Crippen molar-refractivity contribution in [2.75, 3.05) is 39.6 Å². The molecule has 0 heterocycles. The molecule has 0 fully saturated rings. The summed E-state index contributed by atoms with van der Waals surface area (Å²) in [5.41, 5.74) is 0. The van der Waals surface area contributed by atoms with Crippen LogP contribution in [0.25, 0.3) is 0 Å². The van der Waals surface area contributed by atoms with E-state index in [1.807, 2.05) is 0 Å². The number of rotatable bonds is 64. The zero-order chi connectivity index (χ0) is 63.9. The molecule has 6 atom stereocenters. The molecule has 3 unspecified atom stereocenters. The summed E-state index contributed by atoms with van der Waals surface area (Å²) in [4.78, 5) is 72.3. The summed E-state index contributed by atoms with van der Waals surface area (Å²) in [5, 5.41) is 10.6. The van der Waals surface area contributed by atoms with Crippen LogP contribution in [0.3, 0.4) is 0 Å². The highest BCUT2D eigenvalue weighted by atomic mass is 31.2. The minimum atomic E-state index is -4.95. The molecule has 0 aliphatic heterocycles. The number of aliphatic hydroxyl groups is 1. The molecule has 0 radical (unpaired) electrons. The van der Waals surface area contributed by atoms with Crippen molar-refractivity contribution in [3.8, 4) is 0 Å². The molecule has 17 nitrogen and oxygen atoms in total. The monoisotopic (exact) mass is 1270 g/mol. The Morgan fingerprint density at radius 3 is 0.826 bits per heavy atom. The Morgan fingerprint density at radius 2 is 0.558 bits per heavy atom. The standard InChI is InChI=1S/C67H130O17P2/c1-9-60(8)46-38-30-24-26-34-42-50-67(72)84-63(54-78-65(70)48-40-32-25-23-29-37-45-59(6)7)56-82-86(75,76)80-52-61(68)51-79-85(73,74)81-55-62(53-77-64(69)47-39-31-22-18-20-28-36-44-58(4)5)83-66(71)49-41-33-21-17-15-13-11-10-12-14-16-19-27-35-43-57(2)3/h57-63,68H,9-56H2,1-8H3,(H,73,74)(H,75,76)/t60?,61-,62-,63-/m1/s1. The Labute approximate surface area is 524 Å². The molecule has 0 aliphatic carbocycles. The topological polar surface area (TPSA) is 237 Å². The molecule has 0 aromatic heterocycles. The van der Waals surface area contributed by atoms with Gasteiger partial charge in [-0.25, -0.2) is 9.13 Å². The minimum absolute atomic E-state index is 0.101. The van der Waals surface area contributed by atoms with Crippen molar-refractivity contribution in [1.82, 2.24) is 0 Å². The SMILES string of the molecule is CCC(C)CCCCCCCCC(=O)O[C@H](COC(=O)CCCCCCCCC(C)C)COP(=O)(O)OC[C@H](O)COP(=O)(O)OC[C@@H](COC(=O)CCCCCCCCCC(C)C)OC(=O)CCCCCCCCCCCCCCCCC(C)C. The van der Waals surface area contributed by atoms with Crippen molar-refractivity contribution >= 4 is 39.5 Å². The van der Waals surface area contributed by atoms with E-state index in [4.69, 9.17) is 37.0 Å². The van der Waals surface area contributed by atoms with Gasteiger partial charge in [0.1, 0.15) is 19.3 Å². The Bertz CT molecular complexity index is 1720. The second-order valence-corrected chi connectivity index (χ2v) is 28.8. The van der Waals surface area contributed by atoms with Crippen LogP contribution < -0.4 is 0 Å². The van der Waals surface area contributed by atoms with Gasteiger partial charge in [-0.2, -0.15) is 0 Å². The molecule has 510 valence electrons. The van der Waals surface area contributed by atoms with Gasteiger partial charge < -0.3 is 33.8 Å². The summed E-state index contributed by atoms with van der Waals surface area (Å²) in [6, 6.07) is 0. The van der Waals surface area contributed by atoms with Crippen LogP contribution in [0.4, 0.5) is 0 Å². The van der Waals surface area contributed by atoms with Crippen molar-refractivity contribution in [2.45, 2.75) is 343 Å². The molecule has 0 saturated carbocycles. The zero-order valence-corrected chi connectivity index (χ0v) is 57.7. The fraction of sp³-hybridized carbons (Fsp3) is 0.940. The predicted molar refractivity (Wildman–Crippen MR) is 344 cm³/mol. The van der Waals surface area contributed by atoms with E-state index in [9.17, 15) is 43.2 Å². The van der Waals surface area contributed by atoms with E-state index in [0.717, 1.165) is 115 Å².